The molecule has 0 radical (unpaired) electrons. The molecular formula is C11H7F3N2O3. The molecule has 0 saturated carbocycles. The summed E-state index contributed by atoms with van der Waals surface area (Å²) in [6, 6.07) is 5.71. The Morgan fingerprint density at radius 1 is 1.37 bits per heavy atom. The average molecular weight is 272 g/mol. The molecule has 100 valence electrons. The number of benzene rings is 1. The van der Waals surface area contributed by atoms with Gasteiger partial charge in [-0.2, -0.15) is 18.2 Å². The van der Waals surface area contributed by atoms with Crippen molar-refractivity contribution < 1.29 is 27.2 Å². The normalized spacial score (nSPS) is 11.4. The lowest BCUT2D eigenvalue weighted by molar-refractivity contribution is -0.159. The van der Waals surface area contributed by atoms with Gasteiger partial charge in [0.05, 0.1) is 12.7 Å². The minimum absolute atomic E-state index is 0.179. The topological polar surface area (TPSA) is 65.2 Å². The number of halogens is 3. The lowest BCUT2D eigenvalue weighted by Gasteiger charge is -2.00. The van der Waals surface area contributed by atoms with Gasteiger partial charge < -0.3 is 9.26 Å². The van der Waals surface area contributed by atoms with Gasteiger partial charge in [0.1, 0.15) is 0 Å². The van der Waals surface area contributed by atoms with Gasteiger partial charge in [-0.3, -0.25) is 0 Å². The average Bonchev–Trinajstić information content (AvgIpc) is 2.87. The van der Waals surface area contributed by atoms with Gasteiger partial charge in [0.25, 0.3) is 0 Å². The van der Waals surface area contributed by atoms with Crippen molar-refractivity contribution in [3.8, 4) is 11.4 Å². The van der Waals surface area contributed by atoms with Gasteiger partial charge in [-0.05, 0) is 12.1 Å². The van der Waals surface area contributed by atoms with Crippen LogP contribution in [0.4, 0.5) is 13.2 Å². The van der Waals surface area contributed by atoms with Crippen molar-refractivity contribution in [1.29, 1.82) is 0 Å². The van der Waals surface area contributed by atoms with Crippen LogP contribution < -0.4 is 0 Å². The molecule has 1 aromatic carbocycles. The number of aromatic nitrogens is 2. The number of esters is 1. The van der Waals surface area contributed by atoms with Gasteiger partial charge in [-0.15, -0.1) is 0 Å². The number of nitrogens with zero attached hydrogens (tertiary/aromatic N) is 2. The zero-order valence-electron chi connectivity index (χ0n) is 9.56. The highest BCUT2D eigenvalue weighted by Crippen LogP contribution is 2.29. The first-order valence-corrected chi connectivity index (χ1v) is 5.01. The second-order valence-electron chi connectivity index (χ2n) is 3.49. The Kier molecular flexibility index (Phi) is 3.24. The fourth-order valence-corrected chi connectivity index (χ4v) is 1.36. The van der Waals surface area contributed by atoms with E-state index in [0.29, 0.717) is 0 Å². The third-order valence-corrected chi connectivity index (χ3v) is 2.21. The number of hydrogen-bond acceptors (Lipinski definition) is 5. The fourth-order valence-electron chi connectivity index (χ4n) is 1.36. The standard InChI is InChI=1S/C11H7F3N2O3/c1-18-9(17)7-4-2-3-6(5-7)8-15-10(19-16-8)11(12,13)14/h2-5H,1H3. The second kappa shape index (κ2) is 4.71. The predicted molar refractivity (Wildman–Crippen MR) is 56.1 cm³/mol. The van der Waals surface area contributed by atoms with Crippen molar-refractivity contribution in [2.45, 2.75) is 6.18 Å². The number of methoxy groups -OCH3 is 1. The number of ether oxygens (including phenoxy) is 1. The molecule has 1 aromatic heterocycles. The van der Waals surface area contributed by atoms with Crippen molar-refractivity contribution >= 4 is 5.97 Å². The summed E-state index contributed by atoms with van der Waals surface area (Å²) in [5, 5.41) is 3.22. The Morgan fingerprint density at radius 2 is 2.11 bits per heavy atom. The van der Waals surface area contributed by atoms with Gasteiger partial charge in [0.2, 0.25) is 5.82 Å². The van der Waals surface area contributed by atoms with Crippen LogP contribution in [0.2, 0.25) is 0 Å². The van der Waals surface area contributed by atoms with Crippen LogP contribution in [-0.2, 0) is 10.9 Å². The maximum absolute atomic E-state index is 12.3. The molecule has 0 N–H and O–H groups in total. The zero-order chi connectivity index (χ0) is 14.0. The van der Waals surface area contributed by atoms with Crippen LogP contribution in [-0.4, -0.2) is 23.2 Å². The molecule has 0 unspecified atom stereocenters. The number of alkyl halides is 3. The fraction of sp³-hybridized carbons (Fsp3) is 0.182. The van der Waals surface area contributed by atoms with E-state index in [0.717, 1.165) is 0 Å². The molecule has 0 atom stereocenters. The minimum Gasteiger partial charge on any atom is -0.465 e. The molecule has 0 aliphatic heterocycles. The van der Waals surface area contributed by atoms with E-state index >= 15 is 0 Å². The maximum Gasteiger partial charge on any atom is 0.471 e. The molecule has 2 rings (SSSR count). The number of hydrogen-bond donors (Lipinski definition) is 0. The van der Waals surface area contributed by atoms with Crippen LogP contribution in [0, 0.1) is 0 Å². The number of carbonyl (C=O) groups excluding carboxylic acids is 1. The second-order valence-corrected chi connectivity index (χ2v) is 3.49. The molecule has 1 heterocycles. The van der Waals surface area contributed by atoms with Crippen molar-refractivity contribution in [1.82, 2.24) is 10.1 Å². The first-order chi connectivity index (χ1) is 8.91. The maximum atomic E-state index is 12.3. The Bertz CT molecular complexity index is 607. The first kappa shape index (κ1) is 13.1. The van der Waals surface area contributed by atoms with E-state index in [4.69, 9.17) is 0 Å². The molecule has 19 heavy (non-hydrogen) atoms. The van der Waals surface area contributed by atoms with Crippen LogP contribution in [0.25, 0.3) is 11.4 Å². The summed E-state index contributed by atoms with van der Waals surface area (Å²) in [5.74, 6) is -2.30. The largest absolute Gasteiger partial charge is 0.471 e. The molecule has 0 spiro atoms. The Hall–Kier alpha value is -2.38. The third kappa shape index (κ3) is 2.72. The minimum atomic E-state index is -4.70. The van der Waals surface area contributed by atoms with E-state index < -0.39 is 18.0 Å². The van der Waals surface area contributed by atoms with Crippen LogP contribution in [0.3, 0.4) is 0 Å². The molecule has 0 aliphatic rings. The quantitative estimate of drug-likeness (QED) is 0.786. The lowest BCUT2D eigenvalue weighted by atomic mass is 10.1. The van der Waals surface area contributed by atoms with Gasteiger partial charge in [-0.25, -0.2) is 4.79 Å². The Morgan fingerprint density at radius 3 is 2.68 bits per heavy atom. The zero-order valence-corrected chi connectivity index (χ0v) is 9.56. The highest BCUT2D eigenvalue weighted by molar-refractivity contribution is 5.90. The third-order valence-electron chi connectivity index (χ3n) is 2.21. The summed E-state index contributed by atoms with van der Waals surface area (Å²) in [7, 11) is 1.20. The molecule has 0 bridgehead atoms. The summed E-state index contributed by atoms with van der Waals surface area (Å²) in [6.45, 7) is 0. The Labute approximate surface area is 105 Å². The van der Waals surface area contributed by atoms with Gasteiger partial charge in [0, 0.05) is 5.56 Å². The van der Waals surface area contributed by atoms with Crippen LogP contribution in [0.15, 0.2) is 28.8 Å². The number of rotatable bonds is 2. The number of carbonyl (C=O) groups is 1. The van der Waals surface area contributed by atoms with E-state index in [1.165, 1.54) is 31.4 Å². The molecule has 8 heteroatoms. The van der Waals surface area contributed by atoms with E-state index in [9.17, 15) is 18.0 Å². The van der Waals surface area contributed by atoms with E-state index in [-0.39, 0.29) is 17.0 Å². The molecule has 2 aromatic rings. The summed E-state index contributed by atoms with van der Waals surface area (Å²) < 4.78 is 45.5. The predicted octanol–water partition coefficient (Wildman–Crippen LogP) is 2.54. The molecule has 0 fully saturated rings. The van der Waals surface area contributed by atoms with Crippen molar-refractivity contribution in [3.05, 3.63) is 35.7 Å². The lowest BCUT2D eigenvalue weighted by Crippen LogP contribution is -2.05. The van der Waals surface area contributed by atoms with Crippen LogP contribution in [0.1, 0.15) is 16.2 Å². The Balaban J connectivity index is 2.37. The molecule has 5 nitrogen and oxygen atoms in total. The van der Waals surface area contributed by atoms with E-state index in [2.05, 4.69) is 19.4 Å². The summed E-state index contributed by atoms with van der Waals surface area (Å²) >= 11 is 0. The summed E-state index contributed by atoms with van der Waals surface area (Å²) in [4.78, 5) is 14.5. The molecule has 0 aliphatic carbocycles. The van der Waals surface area contributed by atoms with Gasteiger partial charge in [0.15, 0.2) is 0 Å². The van der Waals surface area contributed by atoms with Gasteiger partial charge >= 0.3 is 18.0 Å². The SMILES string of the molecule is COC(=O)c1cccc(-c2noc(C(F)(F)F)n2)c1. The highest BCUT2D eigenvalue weighted by Gasteiger charge is 2.38. The van der Waals surface area contributed by atoms with Crippen LogP contribution >= 0.6 is 0 Å². The smallest absolute Gasteiger partial charge is 0.465 e. The van der Waals surface area contributed by atoms with E-state index in [1.54, 1.807) is 0 Å². The monoisotopic (exact) mass is 272 g/mol. The van der Waals surface area contributed by atoms with Crippen molar-refractivity contribution in [2.24, 2.45) is 0 Å². The van der Waals surface area contributed by atoms with Crippen molar-refractivity contribution in [3.63, 3.8) is 0 Å². The molecular weight excluding hydrogens is 265 g/mol. The van der Waals surface area contributed by atoms with Gasteiger partial charge in [-0.1, -0.05) is 17.3 Å². The summed E-state index contributed by atoms with van der Waals surface area (Å²) in [6.07, 6.45) is -4.70. The molecule has 0 amide bonds. The van der Waals surface area contributed by atoms with Crippen LogP contribution in [0.5, 0.6) is 0 Å². The first-order valence-electron chi connectivity index (χ1n) is 5.01. The molecule has 0 saturated heterocycles. The summed E-state index contributed by atoms with van der Waals surface area (Å²) in [5.41, 5.74) is 0.403. The highest BCUT2D eigenvalue weighted by atomic mass is 19.4. The van der Waals surface area contributed by atoms with E-state index in [1.807, 2.05) is 0 Å². The van der Waals surface area contributed by atoms with Crippen molar-refractivity contribution in [2.75, 3.05) is 7.11 Å².